The standard InChI is InChI=1S/C18H30N6O5.Y/c1-8-7-19-9(2)14(25)21-11(4)16(27)23-13(6)18(29)24-12(5)17(28)22-10(3)15(26)20-8;/h7-13,19H,2H2,1,3-6H3,(H,20,26)(H,21,25)(H,22,28)(H,23,27)(H,24,29);/q-2;/t8?,9-,10?,11?,12?,13?;/m0./s1. The molecule has 0 saturated carbocycles. The maximum absolute atomic E-state index is 12.2. The van der Waals surface area contributed by atoms with Crippen LogP contribution in [0.1, 0.15) is 34.6 Å². The molecule has 6 atom stereocenters. The van der Waals surface area contributed by atoms with Crippen LogP contribution in [-0.4, -0.2) is 65.8 Å². The summed E-state index contributed by atoms with van der Waals surface area (Å²) in [7, 11) is 0. The largest absolute Gasteiger partial charge is 0.483 e. The minimum atomic E-state index is -0.945. The van der Waals surface area contributed by atoms with Gasteiger partial charge in [0.1, 0.15) is 24.2 Å². The van der Waals surface area contributed by atoms with Gasteiger partial charge < -0.3 is 38.8 Å². The Balaban J connectivity index is 0.00000841. The van der Waals surface area contributed by atoms with Crippen molar-refractivity contribution in [2.24, 2.45) is 0 Å². The topological polar surface area (TPSA) is 158 Å². The molecule has 0 aromatic heterocycles. The van der Waals surface area contributed by atoms with Crippen molar-refractivity contribution in [1.29, 1.82) is 0 Å². The third-order valence-electron chi connectivity index (χ3n) is 4.24. The van der Waals surface area contributed by atoms with E-state index in [0.717, 1.165) is 0 Å². The van der Waals surface area contributed by atoms with E-state index in [1.807, 2.05) is 0 Å². The van der Waals surface area contributed by atoms with Crippen LogP contribution in [0.5, 0.6) is 0 Å². The zero-order valence-electron chi connectivity index (χ0n) is 17.9. The molecular formula is C18H30N6O5Y-2. The Morgan fingerprint density at radius 2 is 0.900 bits per heavy atom. The third-order valence-corrected chi connectivity index (χ3v) is 4.24. The molecule has 1 heterocycles. The Kier molecular flexibility index (Phi) is 12.3. The van der Waals surface area contributed by atoms with E-state index in [1.54, 1.807) is 6.92 Å². The van der Waals surface area contributed by atoms with Crippen LogP contribution in [0.4, 0.5) is 0 Å². The fourth-order valence-corrected chi connectivity index (χ4v) is 2.32. The normalized spacial score (nSPS) is 32.8. The quantitative estimate of drug-likeness (QED) is 0.202. The van der Waals surface area contributed by atoms with Gasteiger partial charge in [0.15, 0.2) is 0 Å². The second-order valence-electron chi connectivity index (χ2n) is 7.10. The molecule has 6 N–H and O–H groups in total. The van der Waals surface area contributed by atoms with Crippen molar-refractivity contribution in [1.82, 2.24) is 31.9 Å². The van der Waals surface area contributed by atoms with Crippen LogP contribution in [0, 0.1) is 13.5 Å². The first kappa shape index (κ1) is 28.4. The molecule has 1 aliphatic heterocycles. The van der Waals surface area contributed by atoms with Gasteiger partial charge in [-0.2, -0.15) is 0 Å². The summed E-state index contributed by atoms with van der Waals surface area (Å²) < 4.78 is 0. The Morgan fingerprint density at radius 1 is 0.600 bits per heavy atom. The predicted octanol–water partition coefficient (Wildman–Crippen LogP) is -2.52. The van der Waals surface area contributed by atoms with E-state index in [-0.39, 0.29) is 32.7 Å². The minimum absolute atomic E-state index is 0. The van der Waals surface area contributed by atoms with Crippen molar-refractivity contribution in [3.8, 4) is 0 Å². The number of nitrogens with one attached hydrogen (secondary N) is 6. The Morgan fingerprint density at radius 3 is 1.27 bits per heavy atom. The van der Waals surface area contributed by atoms with Gasteiger partial charge in [0.2, 0.25) is 29.5 Å². The summed E-state index contributed by atoms with van der Waals surface area (Å²) in [4.78, 5) is 61.0. The van der Waals surface area contributed by atoms with Crippen LogP contribution >= 0.6 is 0 Å². The number of carbonyl (C=O) groups is 5. The van der Waals surface area contributed by atoms with E-state index in [9.17, 15) is 24.0 Å². The zero-order chi connectivity index (χ0) is 22.3. The van der Waals surface area contributed by atoms with Crippen LogP contribution in [0.3, 0.4) is 0 Å². The van der Waals surface area contributed by atoms with Gasteiger partial charge in [0.05, 0.1) is 0 Å². The molecule has 1 saturated heterocycles. The summed E-state index contributed by atoms with van der Waals surface area (Å²) in [6, 6.07) is -5.03. The first-order chi connectivity index (χ1) is 13.4. The third kappa shape index (κ3) is 9.05. The number of carbonyl (C=O) groups excluding carboxylic acids is 5. The van der Waals surface area contributed by atoms with Gasteiger partial charge in [-0.3, -0.25) is 24.0 Å². The molecular weight excluding hydrogens is 469 g/mol. The summed E-state index contributed by atoms with van der Waals surface area (Å²) in [6.07, 6.45) is 0. The fraction of sp³-hybridized carbons (Fsp3) is 0.611. The molecule has 0 bridgehead atoms. The van der Waals surface area contributed by atoms with Gasteiger partial charge in [-0.25, -0.2) is 6.54 Å². The number of hydrogen-bond donors (Lipinski definition) is 6. The molecule has 167 valence electrons. The number of amides is 5. The predicted molar refractivity (Wildman–Crippen MR) is 105 cm³/mol. The van der Waals surface area contributed by atoms with E-state index in [1.165, 1.54) is 34.2 Å². The van der Waals surface area contributed by atoms with Crippen molar-refractivity contribution in [2.45, 2.75) is 70.9 Å². The molecule has 5 amide bonds. The van der Waals surface area contributed by atoms with Gasteiger partial charge in [-0.1, -0.05) is 19.0 Å². The Hall–Kier alpha value is -1.59. The van der Waals surface area contributed by atoms with Gasteiger partial charge in [-0.05, 0) is 27.7 Å². The molecule has 11 nitrogen and oxygen atoms in total. The molecule has 1 rings (SSSR count). The van der Waals surface area contributed by atoms with Crippen molar-refractivity contribution in [3.05, 3.63) is 13.5 Å². The van der Waals surface area contributed by atoms with Crippen LogP contribution in [0.2, 0.25) is 0 Å². The molecule has 1 aliphatic rings. The zero-order valence-corrected chi connectivity index (χ0v) is 20.7. The number of rotatable bonds is 0. The molecule has 0 aromatic rings. The van der Waals surface area contributed by atoms with Crippen LogP contribution in [0.25, 0.3) is 0 Å². The second kappa shape index (κ2) is 13.0. The fourth-order valence-electron chi connectivity index (χ4n) is 2.32. The smallest absolute Gasteiger partial charge is 0.242 e. The Labute approximate surface area is 201 Å². The maximum Gasteiger partial charge on any atom is 0.242 e. The monoisotopic (exact) mass is 499 g/mol. The van der Waals surface area contributed by atoms with Crippen LogP contribution in [0.15, 0.2) is 0 Å². The van der Waals surface area contributed by atoms with Crippen LogP contribution < -0.4 is 31.9 Å². The molecule has 30 heavy (non-hydrogen) atoms. The summed E-state index contributed by atoms with van der Waals surface area (Å²) in [5, 5.41) is 15.3. The van der Waals surface area contributed by atoms with E-state index < -0.39 is 65.8 Å². The van der Waals surface area contributed by atoms with E-state index in [4.69, 9.17) is 0 Å². The number of hydrogen-bond acceptors (Lipinski definition) is 6. The first-order valence-corrected chi connectivity index (χ1v) is 9.36. The first-order valence-electron chi connectivity index (χ1n) is 9.36. The summed E-state index contributed by atoms with van der Waals surface area (Å²) in [5.41, 5.74) is 0. The minimum Gasteiger partial charge on any atom is -0.483 e. The SMILES string of the molecule is [CH2-][C@@H]1N[CH-]C(C)NC(=O)C(C)NC(=O)C(C)NC(=O)C(C)NC(=O)C(C)NC1=O.[Y]. The van der Waals surface area contributed by atoms with Crippen molar-refractivity contribution in [3.63, 3.8) is 0 Å². The molecule has 5 unspecified atom stereocenters. The van der Waals surface area contributed by atoms with Crippen molar-refractivity contribution >= 4 is 29.5 Å². The molecule has 0 aliphatic carbocycles. The van der Waals surface area contributed by atoms with E-state index in [0.29, 0.717) is 0 Å². The molecule has 12 heteroatoms. The van der Waals surface area contributed by atoms with Crippen LogP contribution in [-0.2, 0) is 56.7 Å². The Bertz CT molecular complexity index is 657. The van der Waals surface area contributed by atoms with Crippen molar-refractivity contribution in [2.75, 3.05) is 0 Å². The molecule has 1 fully saturated rings. The summed E-state index contributed by atoms with van der Waals surface area (Å²) in [5.74, 6) is -2.67. The van der Waals surface area contributed by atoms with Gasteiger partial charge in [0.25, 0.3) is 0 Å². The van der Waals surface area contributed by atoms with E-state index >= 15 is 0 Å². The molecule has 0 aromatic carbocycles. The van der Waals surface area contributed by atoms with E-state index in [2.05, 4.69) is 38.8 Å². The van der Waals surface area contributed by atoms with Crippen molar-refractivity contribution < 1.29 is 56.7 Å². The molecule has 0 spiro atoms. The summed E-state index contributed by atoms with van der Waals surface area (Å²) >= 11 is 0. The second-order valence-corrected chi connectivity index (χ2v) is 7.10. The average Bonchev–Trinajstić information content (AvgIpc) is 2.64. The maximum atomic E-state index is 12.2. The van der Waals surface area contributed by atoms with Gasteiger partial charge in [0, 0.05) is 32.7 Å². The summed E-state index contributed by atoms with van der Waals surface area (Å²) in [6.45, 7) is 12.7. The molecule has 1 radical (unpaired) electrons. The average molecular weight is 499 g/mol. The van der Waals surface area contributed by atoms with Gasteiger partial charge >= 0.3 is 0 Å². The van der Waals surface area contributed by atoms with Gasteiger partial charge in [-0.15, -0.1) is 0 Å².